The maximum atomic E-state index is 13.1. The lowest BCUT2D eigenvalue weighted by molar-refractivity contribution is -0.136. The zero-order chi connectivity index (χ0) is 23.3. The number of nitrogens with one attached hydrogen (secondary N) is 2. The van der Waals surface area contributed by atoms with Crippen LogP contribution in [0.25, 0.3) is 0 Å². The Morgan fingerprint density at radius 2 is 1.94 bits per heavy atom. The highest BCUT2D eigenvalue weighted by molar-refractivity contribution is 7.99. The van der Waals surface area contributed by atoms with Crippen LogP contribution in [0.1, 0.15) is 43.7 Å². The SMILES string of the molecule is CCNC1(C(=O)N(C)CCSc2ccc3c(c2)CC(C(=O)Nc2ccccn2)C3)CCCC1. The lowest BCUT2D eigenvalue weighted by Gasteiger charge is -2.33. The smallest absolute Gasteiger partial charge is 0.242 e. The van der Waals surface area contributed by atoms with E-state index < -0.39 is 0 Å². The van der Waals surface area contributed by atoms with Crippen LogP contribution in [0.5, 0.6) is 0 Å². The van der Waals surface area contributed by atoms with Crippen LogP contribution < -0.4 is 10.6 Å². The second-order valence-corrected chi connectivity index (χ2v) is 10.3. The average molecular weight is 467 g/mol. The van der Waals surface area contributed by atoms with E-state index in [9.17, 15) is 9.59 Å². The van der Waals surface area contributed by atoms with Gasteiger partial charge in [0.25, 0.3) is 0 Å². The standard InChI is InChI=1S/C26H34N4O2S/c1-3-28-26(11-5-6-12-26)25(32)30(2)14-15-33-22-10-9-19-16-21(17-20(19)18-22)24(31)29-23-8-4-7-13-27-23/h4,7-10,13,18,21,28H,3,5-6,11-12,14-17H2,1-2H3,(H,27,29,31). The summed E-state index contributed by atoms with van der Waals surface area (Å²) in [6.07, 6.45) is 7.33. The van der Waals surface area contributed by atoms with Gasteiger partial charge in [0.2, 0.25) is 11.8 Å². The summed E-state index contributed by atoms with van der Waals surface area (Å²) in [5.41, 5.74) is 2.15. The van der Waals surface area contributed by atoms with E-state index in [0.29, 0.717) is 5.82 Å². The Labute approximate surface area is 200 Å². The fourth-order valence-electron chi connectivity index (χ4n) is 5.09. The molecule has 2 aromatic rings. The molecule has 7 heteroatoms. The van der Waals surface area contributed by atoms with E-state index in [2.05, 4.69) is 40.7 Å². The van der Waals surface area contributed by atoms with Crippen LogP contribution in [-0.2, 0) is 22.4 Å². The number of aromatic nitrogens is 1. The minimum Gasteiger partial charge on any atom is -0.343 e. The molecule has 0 saturated heterocycles. The number of likely N-dealkylation sites (N-methyl/N-ethyl adjacent to an activating group) is 2. The van der Waals surface area contributed by atoms with Gasteiger partial charge in [-0.05, 0) is 67.6 Å². The predicted molar refractivity (Wildman–Crippen MR) is 133 cm³/mol. The van der Waals surface area contributed by atoms with Crippen molar-refractivity contribution in [2.24, 2.45) is 5.92 Å². The Bertz CT molecular complexity index is 976. The number of carbonyl (C=O) groups excluding carboxylic acids is 2. The van der Waals surface area contributed by atoms with Gasteiger partial charge in [-0.25, -0.2) is 4.98 Å². The summed E-state index contributed by atoms with van der Waals surface area (Å²) >= 11 is 1.77. The Kier molecular flexibility index (Phi) is 7.71. The predicted octanol–water partition coefficient (Wildman–Crippen LogP) is 3.91. The van der Waals surface area contributed by atoms with Crippen molar-refractivity contribution >= 4 is 29.4 Å². The molecule has 176 valence electrons. The fraction of sp³-hybridized carbons (Fsp3) is 0.500. The van der Waals surface area contributed by atoms with Gasteiger partial charge in [0.15, 0.2) is 0 Å². The van der Waals surface area contributed by atoms with Crippen molar-refractivity contribution in [2.75, 3.05) is 31.2 Å². The molecule has 4 rings (SSSR count). The number of pyridine rings is 1. The molecule has 1 aromatic heterocycles. The number of rotatable bonds is 9. The number of fused-ring (bicyclic) bond motifs is 1. The Morgan fingerprint density at radius 3 is 2.67 bits per heavy atom. The first-order valence-corrected chi connectivity index (χ1v) is 13.0. The number of amides is 2. The van der Waals surface area contributed by atoms with Crippen molar-refractivity contribution in [3.8, 4) is 0 Å². The average Bonchev–Trinajstić information content (AvgIpc) is 3.47. The van der Waals surface area contributed by atoms with Crippen LogP contribution in [0.3, 0.4) is 0 Å². The summed E-state index contributed by atoms with van der Waals surface area (Å²) in [5, 5.41) is 6.40. The molecule has 1 fully saturated rings. The zero-order valence-corrected chi connectivity index (χ0v) is 20.4. The molecule has 2 amide bonds. The number of nitrogens with zero attached hydrogens (tertiary/aromatic N) is 2. The molecule has 2 N–H and O–H groups in total. The third kappa shape index (κ3) is 5.58. The summed E-state index contributed by atoms with van der Waals surface area (Å²) in [5.74, 6) is 1.66. The Balaban J connectivity index is 1.28. The maximum Gasteiger partial charge on any atom is 0.242 e. The number of hydrogen-bond donors (Lipinski definition) is 2. The van der Waals surface area contributed by atoms with Crippen LogP contribution in [0.15, 0.2) is 47.5 Å². The van der Waals surface area contributed by atoms with Gasteiger partial charge in [0.1, 0.15) is 5.82 Å². The van der Waals surface area contributed by atoms with Crippen LogP contribution in [-0.4, -0.2) is 53.1 Å². The van der Waals surface area contributed by atoms with E-state index in [4.69, 9.17) is 0 Å². The van der Waals surface area contributed by atoms with Gasteiger partial charge in [-0.15, -0.1) is 11.8 Å². The minimum absolute atomic E-state index is 0.0285. The number of thioether (sulfide) groups is 1. The second kappa shape index (κ2) is 10.7. The first-order chi connectivity index (χ1) is 16.0. The van der Waals surface area contributed by atoms with E-state index in [-0.39, 0.29) is 23.3 Å². The molecule has 0 aliphatic heterocycles. The summed E-state index contributed by atoms with van der Waals surface area (Å²) < 4.78 is 0. The Morgan fingerprint density at radius 1 is 1.15 bits per heavy atom. The van der Waals surface area contributed by atoms with Crippen molar-refractivity contribution in [1.29, 1.82) is 0 Å². The first-order valence-electron chi connectivity index (χ1n) is 12.0. The molecule has 0 radical (unpaired) electrons. The molecule has 1 aromatic carbocycles. The summed E-state index contributed by atoms with van der Waals surface area (Å²) in [6, 6.07) is 12.0. The fourth-order valence-corrected chi connectivity index (χ4v) is 6.08. The summed E-state index contributed by atoms with van der Waals surface area (Å²) in [7, 11) is 1.92. The molecule has 6 nitrogen and oxygen atoms in total. The second-order valence-electron chi connectivity index (χ2n) is 9.13. The molecule has 2 aliphatic carbocycles. The minimum atomic E-state index is -0.355. The molecule has 1 saturated carbocycles. The molecule has 1 unspecified atom stereocenters. The Hall–Kier alpha value is -2.38. The zero-order valence-electron chi connectivity index (χ0n) is 19.6. The van der Waals surface area contributed by atoms with Crippen molar-refractivity contribution in [1.82, 2.24) is 15.2 Å². The summed E-state index contributed by atoms with van der Waals surface area (Å²) in [6.45, 7) is 3.62. The van der Waals surface area contributed by atoms with Gasteiger partial charge in [0.05, 0.1) is 5.54 Å². The maximum absolute atomic E-state index is 13.1. The lowest BCUT2D eigenvalue weighted by atomic mass is 9.95. The van der Waals surface area contributed by atoms with Gasteiger partial charge < -0.3 is 15.5 Å². The van der Waals surface area contributed by atoms with Crippen molar-refractivity contribution in [3.05, 3.63) is 53.7 Å². The highest BCUT2D eigenvalue weighted by Gasteiger charge is 2.41. The normalized spacial score (nSPS) is 18.7. The topological polar surface area (TPSA) is 74.3 Å². The van der Waals surface area contributed by atoms with Crippen LogP contribution >= 0.6 is 11.8 Å². The molecule has 2 aliphatic rings. The largest absolute Gasteiger partial charge is 0.343 e. The third-order valence-corrected chi connectivity index (χ3v) is 7.80. The number of anilines is 1. The van der Waals surface area contributed by atoms with Crippen molar-refractivity contribution in [2.45, 2.75) is 55.9 Å². The van der Waals surface area contributed by atoms with Gasteiger partial charge in [-0.2, -0.15) is 0 Å². The third-order valence-electron chi connectivity index (χ3n) is 6.82. The van der Waals surface area contributed by atoms with E-state index >= 15 is 0 Å². The van der Waals surface area contributed by atoms with Crippen LogP contribution in [0.2, 0.25) is 0 Å². The van der Waals surface area contributed by atoms with E-state index in [1.54, 1.807) is 18.0 Å². The monoisotopic (exact) mass is 466 g/mol. The summed E-state index contributed by atoms with van der Waals surface area (Å²) in [4.78, 5) is 33.0. The van der Waals surface area contributed by atoms with E-state index in [0.717, 1.165) is 57.4 Å². The molecule has 1 atom stereocenters. The number of hydrogen-bond acceptors (Lipinski definition) is 5. The quantitative estimate of drug-likeness (QED) is 0.548. The van der Waals surface area contributed by atoms with Gasteiger partial charge in [0, 0.05) is 36.4 Å². The molecule has 0 spiro atoms. The van der Waals surface area contributed by atoms with Crippen LogP contribution in [0.4, 0.5) is 5.82 Å². The van der Waals surface area contributed by atoms with Crippen molar-refractivity contribution < 1.29 is 9.59 Å². The van der Waals surface area contributed by atoms with E-state index in [1.165, 1.54) is 16.0 Å². The highest BCUT2D eigenvalue weighted by atomic mass is 32.2. The van der Waals surface area contributed by atoms with Gasteiger partial charge in [-0.3, -0.25) is 9.59 Å². The molecule has 1 heterocycles. The van der Waals surface area contributed by atoms with Crippen LogP contribution in [0, 0.1) is 5.92 Å². The van der Waals surface area contributed by atoms with Crippen molar-refractivity contribution in [3.63, 3.8) is 0 Å². The lowest BCUT2D eigenvalue weighted by Crippen LogP contribution is -2.55. The molecule has 0 bridgehead atoms. The number of benzene rings is 1. The van der Waals surface area contributed by atoms with E-state index in [1.807, 2.05) is 30.1 Å². The first kappa shape index (κ1) is 23.8. The highest BCUT2D eigenvalue weighted by Crippen LogP contribution is 2.33. The van der Waals surface area contributed by atoms with Gasteiger partial charge in [-0.1, -0.05) is 31.9 Å². The molecular weight excluding hydrogens is 432 g/mol. The number of carbonyl (C=O) groups is 2. The van der Waals surface area contributed by atoms with Gasteiger partial charge >= 0.3 is 0 Å². The molecular formula is C26H34N4O2S. The molecule has 33 heavy (non-hydrogen) atoms.